The van der Waals surface area contributed by atoms with Gasteiger partial charge in [0.1, 0.15) is 10.4 Å². The monoisotopic (exact) mass is 307 g/mol. The summed E-state index contributed by atoms with van der Waals surface area (Å²) in [5.74, 6) is -1.42. The zero-order valence-corrected chi connectivity index (χ0v) is 12.6. The third-order valence-corrected chi connectivity index (χ3v) is 4.27. The maximum absolute atomic E-state index is 12.2. The minimum Gasteiger partial charge on any atom is -0.480 e. The Labute approximate surface area is 126 Å². The first-order valence-corrected chi connectivity index (χ1v) is 7.19. The van der Waals surface area contributed by atoms with E-state index < -0.39 is 12.0 Å². The van der Waals surface area contributed by atoms with Gasteiger partial charge in [0.25, 0.3) is 5.91 Å². The van der Waals surface area contributed by atoms with Crippen LogP contribution in [-0.4, -0.2) is 32.2 Å². The highest BCUT2D eigenvalue weighted by Crippen LogP contribution is 2.33. The van der Waals surface area contributed by atoms with Crippen molar-refractivity contribution in [3.05, 3.63) is 40.3 Å². The quantitative estimate of drug-likeness (QED) is 0.687. The summed E-state index contributed by atoms with van der Waals surface area (Å²) in [6.45, 7) is 3.43. The van der Waals surface area contributed by atoms with Gasteiger partial charge >= 0.3 is 5.97 Å². The fraction of sp³-hybridized carbons (Fsp3) is 0.214. The number of carbonyl (C=O) groups excluding carboxylic acids is 1. The molecule has 1 atom stereocenters. The molecule has 0 aromatic heterocycles. The van der Waals surface area contributed by atoms with Crippen LogP contribution >= 0.6 is 24.0 Å². The molecule has 0 spiro atoms. The summed E-state index contributed by atoms with van der Waals surface area (Å²) in [6.07, 6.45) is 1.73. The fourth-order valence-electron chi connectivity index (χ4n) is 1.74. The van der Waals surface area contributed by atoms with Gasteiger partial charge in [0.2, 0.25) is 0 Å². The Hall–Kier alpha value is -1.66. The Balaban J connectivity index is 2.28. The second-order valence-electron chi connectivity index (χ2n) is 4.48. The van der Waals surface area contributed by atoms with Crippen LogP contribution in [0.3, 0.4) is 0 Å². The number of amides is 1. The molecule has 1 aromatic rings. The topological polar surface area (TPSA) is 57.6 Å². The Kier molecular flexibility index (Phi) is 4.25. The summed E-state index contributed by atoms with van der Waals surface area (Å²) < 4.78 is 0.281. The fourth-order valence-corrected chi connectivity index (χ4v) is 3.16. The van der Waals surface area contributed by atoms with Gasteiger partial charge in [-0.3, -0.25) is 9.69 Å². The van der Waals surface area contributed by atoms with Crippen LogP contribution < -0.4 is 0 Å². The smallest absolute Gasteiger partial charge is 0.326 e. The van der Waals surface area contributed by atoms with Crippen LogP contribution in [0.4, 0.5) is 0 Å². The molecule has 0 radical (unpaired) electrons. The number of hydrogen-bond acceptors (Lipinski definition) is 4. The van der Waals surface area contributed by atoms with Crippen molar-refractivity contribution in [2.75, 3.05) is 0 Å². The van der Waals surface area contributed by atoms with Gasteiger partial charge in [-0.2, -0.15) is 0 Å². The summed E-state index contributed by atoms with van der Waals surface area (Å²) >= 11 is 6.22. The van der Waals surface area contributed by atoms with E-state index >= 15 is 0 Å². The molecule has 1 amide bonds. The summed E-state index contributed by atoms with van der Waals surface area (Å²) in [5.41, 5.74) is 2.02. The largest absolute Gasteiger partial charge is 0.480 e. The molecule has 20 heavy (non-hydrogen) atoms. The van der Waals surface area contributed by atoms with Crippen LogP contribution in [-0.2, 0) is 9.59 Å². The number of benzene rings is 1. The van der Waals surface area contributed by atoms with Crippen LogP contribution in [0, 0.1) is 6.92 Å². The van der Waals surface area contributed by atoms with Gasteiger partial charge in [-0.25, -0.2) is 4.79 Å². The van der Waals surface area contributed by atoms with Gasteiger partial charge < -0.3 is 5.11 Å². The van der Waals surface area contributed by atoms with Crippen molar-refractivity contribution in [3.8, 4) is 0 Å². The summed E-state index contributed by atoms with van der Waals surface area (Å²) in [6, 6.07) is 6.76. The molecular weight excluding hydrogens is 294 g/mol. The predicted molar refractivity (Wildman–Crippen MR) is 83.3 cm³/mol. The van der Waals surface area contributed by atoms with E-state index in [1.165, 1.54) is 6.92 Å². The van der Waals surface area contributed by atoms with Crippen molar-refractivity contribution in [2.24, 2.45) is 0 Å². The molecule has 4 nitrogen and oxygen atoms in total. The molecule has 1 aliphatic rings. The van der Waals surface area contributed by atoms with E-state index in [4.69, 9.17) is 17.3 Å². The molecule has 2 rings (SSSR count). The average molecular weight is 307 g/mol. The van der Waals surface area contributed by atoms with Crippen LogP contribution in [0.25, 0.3) is 6.08 Å². The molecular formula is C14H13NO3S2. The first kappa shape index (κ1) is 14.7. The van der Waals surface area contributed by atoms with E-state index in [0.29, 0.717) is 4.91 Å². The number of carbonyl (C=O) groups is 2. The lowest BCUT2D eigenvalue weighted by atomic mass is 10.1. The minimum absolute atomic E-state index is 0.281. The average Bonchev–Trinajstić information content (AvgIpc) is 2.66. The summed E-state index contributed by atoms with van der Waals surface area (Å²) in [5, 5.41) is 9.00. The predicted octanol–water partition coefficient (Wildman–Crippen LogP) is 2.67. The van der Waals surface area contributed by atoms with Gasteiger partial charge in [0, 0.05) is 0 Å². The van der Waals surface area contributed by atoms with Crippen LogP contribution in [0.5, 0.6) is 0 Å². The number of thioether (sulfide) groups is 1. The Morgan fingerprint density at radius 3 is 2.55 bits per heavy atom. The van der Waals surface area contributed by atoms with Crippen LogP contribution in [0.15, 0.2) is 29.2 Å². The van der Waals surface area contributed by atoms with Gasteiger partial charge in [0.15, 0.2) is 0 Å². The van der Waals surface area contributed by atoms with Gasteiger partial charge in [-0.15, -0.1) is 0 Å². The van der Waals surface area contributed by atoms with Crippen molar-refractivity contribution < 1.29 is 14.7 Å². The molecule has 1 aliphatic heterocycles. The zero-order chi connectivity index (χ0) is 14.9. The van der Waals surface area contributed by atoms with Gasteiger partial charge in [-0.05, 0) is 25.5 Å². The SMILES string of the molecule is Cc1ccc(C=C2SC(=S)N(C(C)C(=O)O)C2=O)cc1. The minimum atomic E-state index is -1.07. The highest BCUT2D eigenvalue weighted by molar-refractivity contribution is 8.26. The van der Waals surface area contributed by atoms with E-state index in [9.17, 15) is 9.59 Å². The Bertz CT molecular complexity index is 607. The van der Waals surface area contributed by atoms with E-state index in [1.807, 2.05) is 31.2 Å². The molecule has 6 heteroatoms. The van der Waals surface area contributed by atoms with E-state index in [-0.39, 0.29) is 10.2 Å². The Morgan fingerprint density at radius 1 is 1.40 bits per heavy atom. The van der Waals surface area contributed by atoms with Gasteiger partial charge in [0.05, 0.1) is 4.91 Å². The number of aryl methyl sites for hydroxylation is 1. The van der Waals surface area contributed by atoms with E-state index in [1.54, 1.807) is 6.08 Å². The van der Waals surface area contributed by atoms with E-state index in [2.05, 4.69) is 0 Å². The number of hydrogen-bond donors (Lipinski definition) is 1. The highest BCUT2D eigenvalue weighted by Gasteiger charge is 2.38. The molecule has 1 N–H and O–H groups in total. The number of thiocarbonyl (C=S) groups is 1. The maximum atomic E-state index is 12.2. The molecule has 1 heterocycles. The van der Waals surface area contributed by atoms with Crippen LogP contribution in [0.1, 0.15) is 18.1 Å². The first-order valence-electron chi connectivity index (χ1n) is 5.96. The zero-order valence-electron chi connectivity index (χ0n) is 11.0. The molecule has 0 bridgehead atoms. The molecule has 1 saturated heterocycles. The number of aliphatic carboxylic acids is 1. The van der Waals surface area contributed by atoms with Crippen molar-refractivity contribution in [1.82, 2.24) is 4.90 Å². The first-order chi connectivity index (χ1) is 9.40. The second-order valence-corrected chi connectivity index (χ2v) is 6.15. The standard InChI is InChI=1S/C14H13NO3S2/c1-8-3-5-10(6-4-8)7-11-12(16)15(14(19)20-11)9(2)13(17)18/h3-7,9H,1-2H3,(H,17,18). The third-order valence-electron chi connectivity index (χ3n) is 2.94. The van der Waals surface area contributed by atoms with Crippen molar-refractivity contribution in [1.29, 1.82) is 0 Å². The lowest BCUT2D eigenvalue weighted by Crippen LogP contribution is -2.41. The van der Waals surface area contributed by atoms with Gasteiger partial charge in [-0.1, -0.05) is 53.8 Å². The van der Waals surface area contributed by atoms with E-state index in [0.717, 1.165) is 27.8 Å². The molecule has 1 fully saturated rings. The molecule has 1 aromatic carbocycles. The number of nitrogens with zero attached hydrogens (tertiary/aromatic N) is 1. The van der Waals surface area contributed by atoms with Crippen molar-refractivity contribution in [2.45, 2.75) is 19.9 Å². The maximum Gasteiger partial charge on any atom is 0.326 e. The summed E-state index contributed by atoms with van der Waals surface area (Å²) in [4.78, 5) is 24.8. The number of rotatable bonds is 3. The third kappa shape index (κ3) is 2.91. The number of carboxylic acids is 1. The van der Waals surface area contributed by atoms with Crippen LogP contribution in [0.2, 0.25) is 0 Å². The highest BCUT2D eigenvalue weighted by atomic mass is 32.2. The second kappa shape index (κ2) is 5.76. The lowest BCUT2D eigenvalue weighted by Gasteiger charge is -2.18. The normalized spacial score (nSPS) is 18.7. The van der Waals surface area contributed by atoms with Crippen molar-refractivity contribution in [3.63, 3.8) is 0 Å². The lowest BCUT2D eigenvalue weighted by molar-refractivity contribution is -0.144. The molecule has 0 saturated carbocycles. The summed E-state index contributed by atoms with van der Waals surface area (Å²) in [7, 11) is 0. The molecule has 0 aliphatic carbocycles. The number of carboxylic acid groups (broad SMARTS) is 1. The molecule has 104 valence electrons. The Morgan fingerprint density at radius 2 is 2.00 bits per heavy atom. The van der Waals surface area contributed by atoms with Crippen molar-refractivity contribution >= 4 is 46.3 Å². The molecule has 1 unspecified atom stereocenters.